The zero-order valence-corrected chi connectivity index (χ0v) is 9.87. The molecule has 0 spiro atoms. The summed E-state index contributed by atoms with van der Waals surface area (Å²) in [4.78, 5) is 3.79. The summed E-state index contributed by atoms with van der Waals surface area (Å²) in [7, 11) is 0. The van der Waals surface area contributed by atoms with Crippen molar-refractivity contribution in [2.75, 3.05) is 0 Å². The Labute approximate surface area is 103 Å². The molecule has 16 heavy (non-hydrogen) atoms. The fourth-order valence-electron chi connectivity index (χ4n) is 1.37. The topological polar surface area (TPSA) is 30.2 Å². The van der Waals surface area contributed by atoms with Gasteiger partial charge < -0.3 is 0 Å². The predicted molar refractivity (Wildman–Crippen MR) is 67.5 cm³/mol. The molecular formula is C11H8ClN3S. The van der Waals surface area contributed by atoms with Crippen molar-refractivity contribution < 1.29 is 0 Å². The molecule has 2 rings (SSSR count). The predicted octanol–water partition coefficient (Wildman–Crippen LogP) is 3.32. The van der Waals surface area contributed by atoms with Gasteiger partial charge in [0, 0.05) is 17.3 Å². The van der Waals surface area contributed by atoms with Gasteiger partial charge in [-0.1, -0.05) is 23.7 Å². The first-order valence-corrected chi connectivity index (χ1v) is 5.42. The first kappa shape index (κ1) is 11.0. The lowest BCUT2D eigenvalue weighted by molar-refractivity contribution is 0.688. The van der Waals surface area contributed by atoms with Crippen molar-refractivity contribution in [1.29, 1.82) is 0 Å². The van der Waals surface area contributed by atoms with Gasteiger partial charge in [-0.3, -0.25) is 4.68 Å². The quantitative estimate of drug-likeness (QED) is 0.617. The molecular weight excluding hydrogens is 242 g/mol. The molecule has 1 aromatic heterocycles. The Morgan fingerprint density at radius 1 is 1.44 bits per heavy atom. The molecule has 0 amide bonds. The lowest BCUT2D eigenvalue weighted by Gasteiger charge is -2.01. The zero-order valence-electron chi connectivity index (χ0n) is 8.30. The summed E-state index contributed by atoms with van der Waals surface area (Å²) >= 11 is 10.4. The van der Waals surface area contributed by atoms with Gasteiger partial charge >= 0.3 is 0 Å². The van der Waals surface area contributed by atoms with Gasteiger partial charge in [0.05, 0.1) is 11.7 Å². The number of nitrogens with zero attached hydrogens (tertiary/aromatic N) is 3. The number of hydrogen-bond donors (Lipinski definition) is 0. The molecule has 0 aliphatic heterocycles. The lowest BCUT2D eigenvalue weighted by atomic mass is 10.2. The van der Waals surface area contributed by atoms with E-state index >= 15 is 0 Å². The van der Waals surface area contributed by atoms with Gasteiger partial charge in [0.15, 0.2) is 5.82 Å². The highest BCUT2D eigenvalue weighted by Gasteiger charge is 1.99. The average Bonchev–Trinajstić information content (AvgIpc) is 2.66. The molecule has 0 radical (unpaired) electrons. The number of benzene rings is 1. The van der Waals surface area contributed by atoms with Crippen LogP contribution in [0.2, 0.25) is 5.02 Å². The summed E-state index contributed by atoms with van der Waals surface area (Å²) in [5, 5.41) is 7.21. The molecule has 0 aliphatic rings. The van der Waals surface area contributed by atoms with E-state index in [1.54, 1.807) is 10.7 Å². The largest absolute Gasteiger partial charge is 0.266 e. The van der Waals surface area contributed by atoms with Gasteiger partial charge in [0.2, 0.25) is 0 Å². The number of hydrogen-bond acceptors (Lipinski definition) is 3. The van der Waals surface area contributed by atoms with Crippen molar-refractivity contribution in [3.05, 3.63) is 47.1 Å². The SMILES string of the molecule is S=C=Nc1ccn(Cc2cccc(Cl)c2)n1. The molecule has 0 saturated heterocycles. The normalized spacial score (nSPS) is 9.81. The monoisotopic (exact) mass is 249 g/mol. The molecule has 3 nitrogen and oxygen atoms in total. The highest BCUT2D eigenvalue weighted by molar-refractivity contribution is 7.78. The third kappa shape index (κ3) is 2.76. The van der Waals surface area contributed by atoms with Crippen molar-refractivity contribution in [3.63, 3.8) is 0 Å². The fraction of sp³-hybridized carbons (Fsp3) is 0.0909. The maximum Gasteiger partial charge on any atom is 0.184 e. The van der Waals surface area contributed by atoms with Crippen LogP contribution in [-0.4, -0.2) is 14.9 Å². The molecule has 0 N–H and O–H groups in total. The van der Waals surface area contributed by atoms with Crippen LogP contribution in [0.3, 0.4) is 0 Å². The van der Waals surface area contributed by atoms with Crippen LogP contribution in [0, 0.1) is 0 Å². The molecule has 0 saturated carbocycles. The molecule has 0 aliphatic carbocycles. The summed E-state index contributed by atoms with van der Waals surface area (Å²) in [6, 6.07) is 9.44. The minimum atomic E-state index is 0.567. The number of aromatic nitrogens is 2. The Kier molecular flexibility index (Phi) is 3.47. The highest BCUT2D eigenvalue weighted by atomic mass is 35.5. The molecule has 1 heterocycles. The van der Waals surface area contributed by atoms with Crippen LogP contribution in [0.4, 0.5) is 5.82 Å². The number of rotatable bonds is 3. The van der Waals surface area contributed by atoms with E-state index in [4.69, 9.17) is 11.6 Å². The lowest BCUT2D eigenvalue weighted by Crippen LogP contribution is -1.99. The van der Waals surface area contributed by atoms with Crippen LogP contribution < -0.4 is 0 Å². The van der Waals surface area contributed by atoms with Gasteiger partial charge in [-0.25, -0.2) is 0 Å². The van der Waals surface area contributed by atoms with Gasteiger partial charge in [0.25, 0.3) is 0 Å². The van der Waals surface area contributed by atoms with Crippen molar-refractivity contribution in [1.82, 2.24) is 9.78 Å². The van der Waals surface area contributed by atoms with E-state index in [-0.39, 0.29) is 0 Å². The Bertz CT molecular complexity index is 544. The van der Waals surface area contributed by atoms with Crippen LogP contribution in [0.5, 0.6) is 0 Å². The first-order valence-electron chi connectivity index (χ1n) is 4.64. The summed E-state index contributed by atoms with van der Waals surface area (Å²) in [6.07, 6.45) is 1.84. The molecule has 0 fully saturated rings. The Morgan fingerprint density at radius 2 is 2.31 bits per heavy atom. The minimum Gasteiger partial charge on any atom is -0.266 e. The molecule has 5 heteroatoms. The fourth-order valence-corrected chi connectivity index (χ4v) is 1.67. The van der Waals surface area contributed by atoms with Crippen LogP contribution >= 0.6 is 23.8 Å². The number of aliphatic imine (C=N–C) groups is 1. The number of thiocarbonyl (C=S) groups is 1. The van der Waals surface area contributed by atoms with Crippen molar-refractivity contribution in [2.45, 2.75) is 6.54 Å². The number of isothiocyanates is 1. The molecule has 1 aromatic carbocycles. The van der Waals surface area contributed by atoms with E-state index in [1.165, 1.54) is 0 Å². The molecule has 0 atom stereocenters. The van der Waals surface area contributed by atoms with Crippen molar-refractivity contribution in [2.24, 2.45) is 4.99 Å². The highest BCUT2D eigenvalue weighted by Crippen LogP contribution is 2.13. The van der Waals surface area contributed by atoms with Crippen molar-refractivity contribution in [3.8, 4) is 0 Å². The standard InChI is InChI=1S/C11H8ClN3S/c12-10-3-1-2-9(6-10)7-15-5-4-11(14-15)13-8-16/h1-6H,7H2. The summed E-state index contributed by atoms with van der Waals surface area (Å²) in [6.45, 7) is 0.660. The summed E-state index contributed by atoms with van der Waals surface area (Å²) in [5.41, 5.74) is 1.09. The molecule has 2 aromatic rings. The van der Waals surface area contributed by atoms with Gasteiger partial charge in [-0.15, -0.1) is 0 Å². The third-order valence-electron chi connectivity index (χ3n) is 2.02. The van der Waals surface area contributed by atoms with E-state index in [0.29, 0.717) is 12.4 Å². The maximum atomic E-state index is 5.89. The van der Waals surface area contributed by atoms with Gasteiger partial charge in [0.1, 0.15) is 0 Å². The molecule has 0 unspecified atom stereocenters. The van der Waals surface area contributed by atoms with E-state index in [9.17, 15) is 0 Å². The minimum absolute atomic E-state index is 0.567. The zero-order chi connectivity index (χ0) is 11.4. The third-order valence-corrected chi connectivity index (χ3v) is 2.35. The van der Waals surface area contributed by atoms with Crippen LogP contribution in [0.25, 0.3) is 0 Å². The second-order valence-corrected chi connectivity index (χ2v) is 3.82. The van der Waals surface area contributed by atoms with Gasteiger partial charge in [-0.2, -0.15) is 10.1 Å². The van der Waals surface area contributed by atoms with E-state index < -0.39 is 0 Å². The van der Waals surface area contributed by atoms with E-state index in [1.807, 2.05) is 30.5 Å². The van der Waals surface area contributed by atoms with Crippen LogP contribution in [-0.2, 0) is 6.54 Å². The maximum absolute atomic E-state index is 5.89. The summed E-state index contributed by atoms with van der Waals surface area (Å²) < 4.78 is 1.77. The van der Waals surface area contributed by atoms with Crippen molar-refractivity contribution >= 4 is 34.8 Å². The van der Waals surface area contributed by atoms with Crippen LogP contribution in [0.1, 0.15) is 5.56 Å². The second kappa shape index (κ2) is 5.03. The number of halogens is 1. The summed E-state index contributed by atoms with van der Waals surface area (Å²) in [5.74, 6) is 0.567. The second-order valence-electron chi connectivity index (χ2n) is 3.20. The Hall–Kier alpha value is -1.48. The van der Waals surface area contributed by atoms with Gasteiger partial charge in [-0.05, 0) is 29.9 Å². The first-order chi connectivity index (χ1) is 7.78. The molecule has 80 valence electrons. The average molecular weight is 250 g/mol. The van der Waals surface area contributed by atoms with E-state index in [2.05, 4.69) is 27.5 Å². The van der Waals surface area contributed by atoms with E-state index in [0.717, 1.165) is 10.6 Å². The van der Waals surface area contributed by atoms with Crippen LogP contribution in [0.15, 0.2) is 41.5 Å². The Morgan fingerprint density at radius 3 is 3.06 bits per heavy atom. The molecule has 0 bridgehead atoms. The smallest absolute Gasteiger partial charge is 0.184 e. The Balaban J connectivity index is 2.17.